The van der Waals surface area contributed by atoms with Crippen molar-refractivity contribution in [1.82, 2.24) is 20.6 Å². The van der Waals surface area contributed by atoms with Gasteiger partial charge in [0, 0.05) is 38.3 Å². The zero-order valence-electron chi connectivity index (χ0n) is 20.0. The maximum atomic E-state index is 12.6. The van der Waals surface area contributed by atoms with Gasteiger partial charge in [0.25, 0.3) is 5.91 Å². The van der Waals surface area contributed by atoms with Crippen LogP contribution in [0.5, 0.6) is 17.4 Å². The molecule has 37 heavy (non-hydrogen) atoms. The van der Waals surface area contributed by atoms with E-state index >= 15 is 0 Å². The van der Waals surface area contributed by atoms with E-state index in [1.54, 1.807) is 42.6 Å². The molecule has 0 saturated heterocycles. The topological polar surface area (TPSA) is 139 Å². The van der Waals surface area contributed by atoms with Crippen LogP contribution in [0.4, 0.5) is 4.79 Å². The van der Waals surface area contributed by atoms with Crippen molar-refractivity contribution in [2.24, 2.45) is 0 Å². The first-order valence-corrected chi connectivity index (χ1v) is 13.0. The molecule has 11 heteroatoms. The minimum absolute atomic E-state index is 0.106. The smallest absolute Gasteiger partial charge is 0.413 e. The molecule has 0 aliphatic heterocycles. The van der Waals surface area contributed by atoms with Crippen LogP contribution in [0.15, 0.2) is 84.0 Å². The molecule has 4 rings (SSSR count). The summed E-state index contributed by atoms with van der Waals surface area (Å²) in [6, 6.07) is 18.5. The minimum Gasteiger partial charge on any atom is -0.457 e. The SMILES string of the molecule is CNC(=O)Oc1cc(Oc2ccc(CNC(=O)c3cc(-c4ccc(S(C)(=O)=O)cc4)c[nH]3)cc2)ccn1. The van der Waals surface area contributed by atoms with Crippen LogP contribution in [0.2, 0.25) is 0 Å². The normalized spacial score (nSPS) is 11.0. The summed E-state index contributed by atoms with van der Waals surface area (Å²) < 4.78 is 34.0. The third kappa shape index (κ3) is 6.73. The second-order valence-electron chi connectivity index (χ2n) is 8.00. The van der Waals surface area contributed by atoms with Crippen molar-refractivity contribution in [3.05, 3.63) is 90.4 Å². The molecule has 2 amide bonds. The molecule has 0 unspecified atom stereocenters. The first-order valence-electron chi connectivity index (χ1n) is 11.1. The van der Waals surface area contributed by atoms with Crippen molar-refractivity contribution in [3.63, 3.8) is 0 Å². The van der Waals surface area contributed by atoms with Gasteiger partial charge in [-0.15, -0.1) is 0 Å². The van der Waals surface area contributed by atoms with Gasteiger partial charge in [-0.2, -0.15) is 0 Å². The average molecular weight is 521 g/mol. The Bertz CT molecular complexity index is 1510. The maximum absolute atomic E-state index is 12.6. The Hall–Kier alpha value is -4.64. The van der Waals surface area contributed by atoms with E-state index in [9.17, 15) is 18.0 Å². The number of sulfone groups is 1. The van der Waals surface area contributed by atoms with Gasteiger partial charge in [0.05, 0.1) is 4.90 Å². The quantitative estimate of drug-likeness (QED) is 0.320. The molecular weight excluding hydrogens is 496 g/mol. The molecule has 0 saturated carbocycles. The van der Waals surface area contributed by atoms with Gasteiger partial charge in [-0.3, -0.25) is 4.79 Å². The third-order valence-corrected chi connectivity index (χ3v) is 6.39. The summed E-state index contributed by atoms with van der Waals surface area (Å²) in [5, 5.41) is 5.20. The standard InChI is InChI=1S/C26H24N4O6S/c1-27-26(32)36-24-14-21(11-12-28-24)35-20-7-3-17(4-8-20)15-30-25(31)23-13-19(16-29-23)18-5-9-22(10-6-18)37(2,33)34/h3-14,16,29H,15H2,1-2H3,(H,27,32)(H,30,31). The first kappa shape index (κ1) is 25.5. The van der Waals surface area contributed by atoms with E-state index in [0.717, 1.165) is 22.9 Å². The number of carbonyl (C=O) groups is 2. The molecule has 3 N–H and O–H groups in total. The molecular formula is C26H24N4O6S. The van der Waals surface area contributed by atoms with E-state index in [1.165, 1.54) is 31.4 Å². The van der Waals surface area contributed by atoms with Crippen molar-refractivity contribution in [2.75, 3.05) is 13.3 Å². The molecule has 10 nitrogen and oxygen atoms in total. The van der Waals surface area contributed by atoms with Crippen LogP contribution >= 0.6 is 0 Å². The molecule has 0 radical (unpaired) electrons. The van der Waals surface area contributed by atoms with E-state index in [1.807, 2.05) is 12.1 Å². The second kappa shape index (κ2) is 11.0. The second-order valence-corrected chi connectivity index (χ2v) is 10.0. The zero-order chi connectivity index (χ0) is 26.4. The van der Waals surface area contributed by atoms with Crippen LogP contribution in [0, 0.1) is 0 Å². The van der Waals surface area contributed by atoms with Gasteiger partial charge in [-0.1, -0.05) is 24.3 Å². The Morgan fingerprint density at radius 1 is 0.946 bits per heavy atom. The van der Waals surface area contributed by atoms with Crippen molar-refractivity contribution in [3.8, 4) is 28.5 Å². The summed E-state index contributed by atoms with van der Waals surface area (Å²) in [5.41, 5.74) is 2.81. The van der Waals surface area contributed by atoms with E-state index in [2.05, 4.69) is 20.6 Å². The molecule has 2 aromatic carbocycles. The number of aromatic nitrogens is 2. The molecule has 0 aliphatic rings. The minimum atomic E-state index is -3.27. The molecule has 190 valence electrons. The van der Waals surface area contributed by atoms with E-state index < -0.39 is 15.9 Å². The monoisotopic (exact) mass is 520 g/mol. The van der Waals surface area contributed by atoms with Gasteiger partial charge < -0.3 is 25.1 Å². The lowest BCUT2D eigenvalue weighted by molar-refractivity contribution is 0.0946. The molecule has 4 aromatic rings. The maximum Gasteiger partial charge on any atom is 0.413 e. The molecule has 0 bridgehead atoms. The Morgan fingerprint density at radius 3 is 2.35 bits per heavy atom. The number of carbonyl (C=O) groups excluding carboxylic acids is 2. The lowest BCUT2D eigenvalue weighted by Gasteiger charge is -2.09. The molecule has 0 spiro atoms. The Morgan fingerprint density at radius 2 is 1.68 bits per heavy atom. The largest absolute Gasteiger partial charge is 0.457 e. The summed E-state index contributed by atoms with van der Waals surface area (Å²) in [4.78, 5) is 31.1. The van der Waals surface area contributed by atoms with Gasteiger partial charge in [-0.05, 0) is 53.1 Å². The number of rotatable bonds is 8. The van der Waals surface area contributed by atoms with Crippen LogP contribution in [0.25, 0.3) is 11.1 Å². The van der Waals surface area contributed by atoms with Crippen LogP contribution in [-0.4, -0.2) is 43.7 Å². The molecule has 2 aromatic heterocycles. The lowest BCUT2D eigenvalue weighted by Crippen LogP contribution is -2.22. The summed E-state index contributed by atoms with van der Waals surface area (Å²) >= 11 is 0. The summed E-state index contributed by atoms with van der Waals surface area (Å²) in [6.07, 6.45) is 3.69. The molecule has 2 heterocycles. The number of nitrogens with zero attached hydrogens (tertiary/aromatic N) is 1. The summed E-state index contributed by atoms with van der Waals surface area (Å²) in [5.74, 6) is 0.834. The highest BCUT2D eigenvalue weighted by Crippen LogP contribution is 2.25. The number of amides is 2. The average Bonchev–Trinajstić information content (AvgIpc) is 3.38. The Kier molecular flexibility index (Phi) is 7.54. The number of benzene rings is 2. The fourth-order valence-corrected chi connectivity index (χ4v) is 3.96. The van der Waals surface area contributed by atoms with Crippen molar-refractivity contribution in [1.29, 1.82) is 0 Å². The number of hydrogen-bond donors (Lipinski definition) is 3. The van der Waals surface area contributed by atoms with Gasteiger partial charge in [0.15, 0.2) is 9.84 Å². The summed E-state index contributed by atoms with van der Waals surface area (Å²) in [6.45, 7) is 0.301. The molecule has 0 atom stereocenters. The predicted octanol–water partition coefficient (Wildman–Crippen LogP) is 3.92. The highest BCUT2D eigenvalue weighted by atomic mass is 32.2. The number of nitrogens with one attached hydrogen (secondary N) is 3. The van der Waals surface area contributed by atoms with Gasteiger partial charge in [0.1, 0.15) is 17.2 Å². The predicted molar refractivity (Wildman–Crippen MR) is 136 cm³/mol. The highest BCUT2D eigenvalue weighted by molar-refractivity contribution is 7.90. The fourth-order valence-electron chi connectivity index (χ4n) is 3.33. The third-order valence-electron chi connectivity index (χ3n) is 5.26. The Labute approximate surface area is 213 Å². The number of aromatic amines is 1. The summed E-state index contributed by atoms with van der Waals surface area (Å²) in [7, 11) is -1.82. The van der Waals surface area contributed by atoms with Crippen LogP contribution in [-0.2, 0) is 16.4 Å². The Balaban J connectivity index is 1.32. The van der Waals surface area contributed by atoms with Gasteiger partial charge in [-0.25, -0.2) is 18.2 Å². The lowest BCUT2D eigenvalue weighted by atomic mass is 10.1. The fraction of sp³-hybridized carbons (Fsp3) is 0.115. The van der Waals surface area contributed by atoms with Crippen LogP contribution in [0.1, 0.15) is 16.1 Å². The zero-order valence-corrected chi connectivity index (χ0v) is 20.8. The van der Waals surface area contributed by atoms with E-state index in [0.29, 0.717) is 23.7 Å². The number of pyridine rings is 1. The van der Waals surface area contributed by atoms with E-state index in [-0.39, 0.29) is 16.7 Å². The van der Waals surface area contributed by atoms with Gasteiger partial charge in [0.2, 0.25) is 5.88 Å². The number of hydrogen-bond acceptors (Lipinski definition) is 7. The van der Waals surface area contributed by atoms with Crippen LogP contribution in [0.3, 0.4) is 0 Å². The molecule has 0 aliphatic carbocycles. The highest BCUT2D eigenvalue weighted by Gasteiger charge is 2.12. The van der Waals surface area contributed by atoms with Crippen molar-refractivity contribution in [2.45, 2.75) is 11.4 Å². The van der Waals surface area contributed by atoms with Gasteiger partial charge >= 0.3 is 6.09 Å². The number of ether oxygens (including phenoxy) is 2. The molecule has 0 fully saturated rings. The van der Waals surface area contributed by atoms with Crippen molar-refractivity contribution >= 4 is 21.8 Å². The van der Waals surface area contributed by atoms with Crippen LogP contribution < -0.4 is 20.1 Å². The number of H-pyrrole nitrogens is 1. The van der Waals surface area contributed by atoms with Crippen molar-refractivity contribution < 1.29 is 27.5 Å². The first-order chi connectivity index (χ1) is 17.7. The van der Waals surface area contributed by atoms with E-state index in [4.69, 9.17) is 9.47 Å².